The molecule has 4 rings (SSSR count). The SMILES string of the molecule is CCOc1ccc(Cl)cc1C=c1sc2n(c1=O)C(c1ccc(C(C)C)cc1)C(C(=O)OCCOC)=C(C)N=2. The second kappa shape index (κ2) is 12.1. The lowest BCUT2D eigenvalue weighted by Gasteiger charge is -2.25. The highest BCUT2D eigenvalue weighted by molar-refractivity contribution is 7.07. The molecule has 1 atom stereocenters. The summed E-state index contributed by atoms with van der Waals surface area (Å²) in [6.45, 7) is 8.75. The predicted octanol–water partition coefficient (Wildman–Crippen LogP) is 4.60. The standard InChI is InChI=1S/C29H31ClN2O5S/c1-6-36-23-12-11-22(30)15-21(23)16-24-27(33)32-26(20-9-7-19(8-10-20)17(2)3)25(18(4)31-29(32)38-24)28(34)37-14-13-35-5/h7-12,15-17,26H,6,13-14H2,1-5H3. The van der Waals surface area contributed by atoms with Crippen LogP contribution in [0.1, 0.15) is 56.3 Å². The zero-order chi connectivity index (χ0) is 27.4. The Morgan fingerprint density at radius 3 is 2.58 bits per heavy atom. The molecule has 1 aliphatic heterocycles. The van der Waals surface area contributed by atoms with Gasteiger partial charge in [0.2, 0.25) is 0 Å². The molecule has 0 radical (unpaired) electrons. The van der Waals surface area contributed by atoms with Gasteiger partial charge in [-0.15, -0.1) is 0 Å². The largest absolute Gasteiger partial charge is 0.493 e. The first-order chi connectivity index (χ1) is 18.2. The van der Waals surface area contributed by atoms with Crippen LogP contribution in [0.3, 0.4) is 0 Å². The molecule has 2 heterocycles. The third kappa shape index (κ3) is 5.77. The lowest BCUT2D eigenvalue weighted by molar-refractivity contribution is -0.140. The van der Waals surface area contributed by atoms with E-state index < -0.39 is 12.0 Å². The molecule has 0 saturated heterocycles. The monoisotopic (exact) mass is 554 g/mol. The minimum atomic E-state index is -0.685. The number of aromatic nitrogens is 1. The minimum absolute atomic E-state index is 0.102. The van der Waals surface area contributed by atoms with Crippen LogP contribution >= 0.6 is 22.9 Å². The highest BCUT2D eigenvalue weighted by Crippen LogP contribution is 2.31. The maximum Gasteiger partial charge on any atom is 0.338 e. The first-order valence-electron chi connectivity index (χ1n) is 12.5. The zero-order valence-corrected chi connectivity index (χ0v) is 23.7. The summed E-state index contributed by atoms with van der Waals surface area (Å²) in [7, 11) is 1.54. The maximum absolute atomic E-state index is 13.9. The molecule has 0 fully saturated rings. The van der Waals surface area contributed by atoms with Crippen LogP contribution in [0, 0.1) is 0 Å². The van der Waals surface area contributed by atoms with Crippen molar-refractivity contribution in [1.29, 1.82) is 0 Å². The molecule has 38 heavy (non-hydrogen) atoms. The Morgan fingerprint density at radius 1 is 1.18 bits per heavy atom. The Balaban J connectivity index is 1.90. The predicted molar refractivity (Wildman–Crippen MR) is 150 cm³/mol. The van der Waals surface area contributed by atoms with E-state index in [-0.39, 0.29) is 18.8 Å². The number of hydrogen-bond donors (Lipinski definition) is 0. The summed E-state index contributed by atoms with van der Waals surface area (Å²) in [6, 6.07) is 12.6. The van der Waals surface area contributed by atoms with Gasteiger partial charge in [-0.1, -0.05) is 61.1 Å². The molecule has 0 spiro atoms. The fourth-order valence-electron chi connectivity index (χ4n) is 4.32. The normalized spacial score (nSPS) is 15.4. The van der Waals surface area contributed by atoms with E-state index >= 15 is 0 Å². The van der Waals surface area contributed by atoms with Gasteiger partial charge in [0, 0.05) is 17.7 Å². The van der Waals surface area contributed by atoms with Crippen molar-refractivity contribution in [1.82, 2.24) is 4.57 Å². The van der Waals surface area contributed by atoms with Crippen LogP contribution in [0.15, 0.2) is 63.5 Å². The van der Waals surface area contributed by atoms with E-state index in [9.17, 15) is 9.59 Å². The van der Waals surface area contributed by atoms with Gasteiger partial charge in [0.05, 0.1) is 35.1 Å². The summed E-state index contributed by atoms with van der Waals surface area (Å²) in [5.74, 6) is 0.449. The second-order valence-corrected chi connectivity index (χ2v) is 10.6. The summed E-state index contributed by atoms with van der Waals surface area (Å²) in [4.78, 5) is 32.3. The summed E-state index contributed by atoms with van der Waals surface area (Å²) in [6.07, 6.45) is 1.76. The number of carbonyl (C=O) groups is 1. The van der Waals surface area contributed by atoms with Crippen molar-refractivity contribution in [2.24, 2.45) is 4.99 Å². The average molecular weight is 555 g/mol. The van der Waals surface area contributed by atoms with Crippen molar-refractivity contribution >= 4 is 35.0 Å². The van der Waals surface area contributed by atoms with Gasteiger partial charge in [-0.05, 0) is 55.2 Å². The van der Waals surface area contributed by atoms with Crippen LogP contribution in [0.5, 0.6) is 5.75 Å². The van der Waals surface area contributed by atoms with Gasteiger partial charge in [0.25, 0.3) is 5.56 Å². The van der Waals surface area contributed by atoms with Crippen LogP contribution in [0.2, 0.25) is 5.02 Å². The van der Waals surface area contributed by atoms with E-state index in [1.807, 2.05) is 31.2 Å². The molecule has 1 aliphatic rings. The molecule has 0 saturated carbocycles. The Kier molecular flexibility index (Phi) is 8.87. The molecule has 0 bridgehead atoms. The van der Waals surface area contributed by atoms with Crippen molar-refractivity contribution in [2.75, 3.05) is 26.9 Å². The Labute approximate surface area is 230 Å². The first kappa shape index (κ1) is 27.8. The molecule has 2 aromatic carbocycles. The molecule has 3 aromatic rings. The molecule has 0 amide bonds. The number of methoxy groups -OCH3 is 1. The van der Waals surface area contributed by atoms with Crippen molar-refractivity contribution in [2.45, 2.75) is 39.7 Å². The van der Waals surface area contributed by atoms with Crippen LogP contribution in [-0.2, 0) is 14.3 Å². The summed E-state index contributed by atoms with van der Waals surface area (Å²) < 4.78 is 18.3. The molecule has 9 heteroatoms. The third-order valence-corrected chi connectivity index (χ3v) is 7.46. The molecule has 7 nitrogen and oxygen atoms in total. The molecular formula is C29H31ClN2O5S. The molecule has 200 valence electrons. The van der Waals surface area contributed by atoms with E-state index in [2.05, 4.69) is 18.8 Å². The first-order valence-corrected chi connectivity index (χ1v) is 13.6. The van der Waals surface area contributed by atoms with Gasteiger partial charge in [-0.25, -0.2) is 9.79 Å². The number of rotatable bonds is 9. The smallest absolute Gasteiger partial charge is 0.338 e. The van der Waals surface area contributed by atoms with Crippen LogP contribution in [-0.4, -0.2) is 37.5 Å². The van der Waals surface area contributed by atoms with Crippen LogP contribution in [0.25, 0.3) is 6.08 Å². The van der Waals surface area contributed by atoms with E-state index in [4.69, 9.17) is 25.8 Å². The Hall–Kier alpha value is -3.20. The van der Waals surface area contributed by atoms with Crippen molar-refractivity contribution < 1.29 is 19.0 Å². The maximum atomic E-state index is 13.9. The van der Waals surface area contributed by atoms with Gasteiger partial charge in [0.1, 0.15) is 12.4 Å². The van der Waals surface area contributed by atoms with E-state index in [1.165, 1.54) is 11.3 Å². The third-order valence-electron chi connectivity index (χ3n) is 6.24. The van der Waals surface area contributed by atoms with E-state index in [0.717, 1.165) is 11.1 Å². The fraction of sp³-hybridized carbons (Fsp3) is 0.345. The number of esters is 1. The number of thiazole rings is 1. The van der Waals surface area contributed by atoms with Crippen molar-refractivity contribution in [3.05, 3.63) is 95.1 Å². The number of ether oxygens (including phenoxy) is 3. The Bertz CT molecular complexity index is 1540. The quantitative estimate of drug-likeness (QED) is 0.285. The molecule has 1 aromatic heterocycles. The lowest BCUT2D eigenvalue weighted by atomic mass is 9.93. The van der Waals surface area contributed by atoms with Gasteiger partial charge in [0.15, 0.2) is 4.80 Å². The van der Waals surface area contributed by atoms with Gasteiger partial charge < -0.3 is 14.2 Å². The van der Waals surface area contributed by atoms with Gasteiger partial charge >= 0.3 is 5.97 Å². The number of benzene rings is 2. The minimum Gasteiger partial charge on any atom is -0.493 e. The topological polar surface area (TPSA) is 79.1 Å². The number of hydrogen-bond acceptors (Lipinski definition) is 7. The summed E-state index contributed by atoms with van der Waals surface area (Å²) >= 11 is 7.50. The van der Waals surface area contributed by atoms with Crippen LogP contribution < -0.4 is 19.6 Å². The highest BCUT2D eigenvalue weighted by atomic mass is 35.5. The number of halogens is 1. The molecule has 1 unspecified atom stereocenters. The Morgan fingerprint density at radius 2 is 1.92 bits per heavy atom. The number of allylic oxidation sites excluding steroid dienone is 1. The zero-order valence-electron chi connectivity index (χ0n) is 22.1. The summed E-state index contributed by atoms with van der Waals surface area (Å²) in [5.41, 5.74) is 3.23. The lowest BCUT2D eigenvalue weighted by Crippen LogP contribution is -2.40. The second-order valence-electron chi connectivity index (χ2n) is 9.15. The molecular weight excluding hydrogens is 524 g/mol. The molecule has 0 aliphatic carbocycles. The number of carbonyl (C=O) groups excluding carboxylic acids is 1. The summed E-state index contributed by atoms with van der Waals surface area (Å²) in [5, 5.41) is 0.535. The van der Waals surface area contributed by atoms with E-state index in [1.54, 1.807) is 42.9 Å². The number of nitrogens with zero attached hydrogens (tertiary/aromatic N) is 2. The molecule has 0 N–H and O–H groups in total. The van der Waals surface area contributed by atoms with Crippen molar-refractivity contribution in [3.8, 4) is 5.75 Å². The fourth-order valence-corrected chi connectivity index (χ4v) is 5.54. The van der Waals surface area contributed by atoms with Crippen LogP contribution in [0.4, 0.5) is 0 Å². The highest BCUT2D eigenvalue weighted by Gasteiger charge is 2.33. The van der Waals surface area contributed by atoms with Gasteiger partial charge in [-0.2, -0.15) is 0 Å². The van der Waals surface area contributed by atoms with E-state index in [0.29, 0.717) is 49.5 Å². The van der Waals surface area contributed by atoms with Gasteiger partial charge in [-0.3, -0.25) is 9.36 Å². The number of fused-ring (bicyclic) bond motifs is 1. The van der Waals surface area contributed by atoms with Crippen molar-refractivity contribution in [3.63, 3.8) is 0 Å². The average Bonchev–Trinajstić information content (AvgIpc) is 3.19.